The molecule has 2 heterocycles. The van der Waals surface area contributed by atoms with Crippen LogP contribution in [-0.4, -0.2) is 43.0 Å². The molecule has 3 rings (SSSR count). The summed E-state index contributed by atoms with van der Waals surface area (Å²) in [6.07, 6.45) is 3.08. The van der Waals surface area contributed by atoms with Crippen LogP contribution in [0.2, 0.25) is 5.02 Å². The number of carbonyl (C=O) groups excluding carboxylic acids is 2. The lowest BCUT2D eigenvalue weighted by Crippen LogP contribution is -2.39. The molecule has 1 aliphatic heterocycles. The van der Waals surface area contributed by atoms with E-state index in [0.29, 0.717) is 42.8 Å². The van der Waals surface area contributed by atoms with E-state index >= 15 is 0 Å². The molecular weight excluding hydrogens is 400 g/mol. The normalized spacial score (nSPS) is 12.8. The van der Waals surface area contributed by atoms with Crippen molar-refractivity contribution in [1.29, 1.82) is 0 Å². The van der Waals surface area contributed by atoms with Crippen molar-refractivity contribution in [2.24, 2.45) is 0 Å². The Bertz CT molecular complexity index is 867. The van der Waals surface area contributed by atoms with Crippen LogP contribution in [0, 0.1) is 0 Å². The minimum atomic E-state index is -0.250. The van der Waals surface area contributed by atoms with Crippen LogP contribution in [-0.2, 0) is 16.1 Å². The molecule has 1 N–H and O–H groups in total. The third-order valence-corrected chi connectivity index (χ3v) is 5.26. The van der Waals surface area contributed by atoms with Crippen LogP contribution < -0.4 is 14.8 Å². The Balaban J connectivity index is 1.58. The van der Waals surface area contributed by atoms with Crippen LogP contribution in [0.25, 0.3) is 6.08 Å². The summed E-state index contributed by atoms with van der Waals surface area (Å²) in [5.41, 5.74) is 0.723. The van der Waals surface area contributed by atoms with Crippen molar-refractivity contribution < 1.29 is 19.1 Å². The molecule has 0 saturated carbocycles. The second-order valence-corrected chi connectivity index (χ2v) is 7.51. The maximum Gasteiger partial charge on any atom is 0.247 e. The van der Waals surface area contributed by atoms with E-state index in [-0.39, 0.29) is 18.4 Å². The van der Waals surface area contributed by atoms with Crippen LogP contribution in [0.1, 0.15) is 17.4 Å². The van der Waals surface area contributed by atoms with Crippen molar-refractivity contribution in [3.63, 3.8) is 0 Å². The molecule has 0 fully saturated rings. The summed E-state index contributed by atoms with van der Waals surface area (Å²) >= 11 is 7.79. The molecule has 1 aromatic heterocycles. The fourth-order valence-corrected chi connectivity index (χ4v) is 3.59. The highest BCUT2D eigenvalue weighted by atomic mass is 35.5. The Morgan fingerprint density at radius 1 is 1.32 bits per heavy atom. The number of carbonyl (C=O) groups is 2. The Labute approximate surface area is 172 Å². The van der Waals surface area contributed by atoms with Crippen LogP contribution in [0.4, 0.5) is 0 Å². The first-order valence-corrected chi connectivity index (χ1v) is 10.2. The largest absolute Gasteiger partial charge is 0.486 e. The molecule has 6 nitrogen and oxygen atoms in total. The molecule has 2 aromatic rings. The van der Waals surface area contributed by atoms with Crippen LogP contribution in [0.3, 0.4) is 0 Å². The Morgan fingerprint density at radius 3 is 2.89 bits per heavy atom. The Morgan fingerprint density at radius 2 is 2.14 bits per heavy atom. The Kier molecular flexibility index (Phi) is 6.95. The molecular formula is C20H21ClN2O4S. The van der Waals surface area contributed by atoms with Crippen molar-refractivity contribution >= 4 is 40.8 Å². The van der Waals surface area contributed by atoms with Gasteiger partial charge in [-0.3, -0.25) is 9.59 Å². The number of benzene rings is 1. The predicted octanol–water partition coefficient (Wildman–Crippen LogP) is 3.35. The van der Waals surface area contributed by atoms with E-state index in [9.17, 15) is 9.59 Å². The van der Waals surface area contributed by atoms with Gasteiger partial charge in [0.2, 0.25) is 11.8 Å². The summed E-state index contributed by atoms with van der Waals surface area (Å²) in [6.45, 7) is 3.65. The third-order valence-electron chi connectivity index (χ3n) is 4.11. The van der Waals surface area contributed by atoms with Gasteiger partial charge in [0.1, 0.15) is 13.2 Å². The highest BCUT2D eigenvalue weighted by Gasteiger charge is 2.17. The van der Waals surface area contributed by atoms with Gasteiger partial charge in [-0.1, -0.05) is 17.7 Å². The topological polar surface area (TPSA) is 67.9 Å². The first-order valence-electron chi connectivity index (χ1n) is 8.92. The number of rotatable bonds is 7. The molecule has 0 saturated heterocycles. The summed E-state index contributed by atoms with van der Waals surface area (Å²) < 4.78 is 11.0. The SMILES string of the molecule is CCN(CC(=O)NCc1cccs1)C(=O)/C=C/c1cc(Cl)c2c(c1)OCCO2. The zero-order chi connectivity index (χ0) is 19.9. The molecule has 0 bridgehead atoms. The minimum Gasteiger partial charge on any atom is -0.486 e. The smallest absolute Gasteiger partial charge is 0.247 e. The molecule has 0 unspecified atom stereocenters. The molecule has 148 valence electrons. The number of amides is 2. The number of halogens is 1. The summed E-state index contributed by atoms with van der Waals surface area (Å²) in [6, 6.07) is 7.37. The van der Waals surface area contributed by atoms with Gasteiger partial charge < -0.3 is 19.7 Å². The number of fused-ring (bicyclic) bond motifs is 1. The van der Waals surface area contributed by atoms with Gasteiger partial charge in [0.05, 0.1) is 18.1 Å². The quantitative estimate of drug-likeness (QED) is 0.697. The van der Waals surface area contributed by atoms with Gasteiger partial charge in [0.15, 0.2) is 11.5 Å². The molecule has 0 radical (unpaired) electrons. The first kappa shape index (κ1) is 20.2. The minimum absolute atomic E-state index is 0.00689. The molecule has 0 atom stereocenters. The highest BCUT2D eigenvalue weighted by Crippen LogP contribution is 2.38. The maximum atomic E-state index is 12.5. The molecule has 1 aromatic carbocycles. The van der Waals surface area contributed by atoms with E-state index in [0.717, 1.165) is 10.4 Å². The second kappa shape index (κ2) is 9.61. The number of nitrogens with one attached hydrogen (secondary N) is 1. The lowest BCUT2D eigenvalue weighted by molar-refractivity contribution is -0.132. The molecule has 8 heteroatoms. The van der Waals surface area contributed by atoms with Crippen LogP contribution in [0.15, 0.2) is 35.7 Å². The molecule has 1 aliphatic rings. The molecule has 0 spiro atoms. The summed E-state index contributed by atoms with van der Waals surface area (Å²) in [4.78, 5) is 27.1. The fraction of sp³-hybridized carbons (Fsp3) is 0.300. The van der Waals surface area contributed by atoms with Gasteiger partial charge in [-0.2, -0.15) is 0 Å². The molecule has 28 heavy (non-hydrogen) atoms. The van der Waals surface area contributed by atoms with Gasteiger partial charge >= 0.3 is 0 Å². The van der Waals surface area contributed by atoms with Crippen molar-refractivity contribution in [3.05, 3.63) is 51.2 Å². The van der Waals surface area contributed by atoms with Gasteiger partial charge in [0, 0.05) is 17.5 Å². The predicted molar refractivity (Wildman–Crippen MR) is 110 cm³/mol. The van der Waals surface area contributed by atoms with Crippen molar-refractivity contribution in [3.8, 4) is 11.5 Å². The van der Waals surface area contributed by atoms with E-state index in [1.807, 2.05) is 24.4 Å². The van der Waals surface area contributed by atoms with E-state index in [1.54, 1.807) is 29.5 Å². The molecule has 2 amide bonds. The summed E-state index contributed by atoms with van der Waals surface area (Å²) in [7, 11) is 0. The van der Waals surface area contributed by atoms with Crippen LogP contribution in [0.5, 0.6) is 11.5 Å². The number of hydrogen-bond acceptors (Lipinski definition) is 5. The standard InChI is InChI=1S/C20H21ClN2O4S/c1-2-23(13-18(24)22-12-15-4-3-9-28-15)19(25)6-5-14-10-16(21)20-17(11-14)26-7-8-27-20/h3-6,9-11H,2,7-8,12-13H2,1H3,(H,22,24)/b6-5+. The Hall–Kier alpha value is -2.51. The van der Waals surface area contributed by atoms with E-state index < -0.39 is 0 Å². The zero-order valence-corrected chi connectivity index (χ0v) is 17.0. The number of likely N-dealkylation sites (N-methyl/N-ethyl adjacent to an activating group) is 1. The van der Waals surface area contributed by atoms with Gasteiger partial charge in [-0.25, -0.2) is 0 Å². The monoisotopic (exact) mass is 420 g/mol. The first-order chi connectivity index (χ1) is 13.6. The lowest BCUT2D eigenvalue weighted by atomic mass is 10.1. The zero-order valence-electron chi connectivity index (χ0n) is 15.4. The van der Waals surface area contributed by atoms with E-state index in [4.69, 9.17) is 21.1 Å². The van der Waals surface area contributed by atoms with Crippen molar-refractivity contribution in [2.45, 2.75) is 13.5 Å². The summed E-state index contributed by atoms with van der Waals surface area (Å²) in [5.74, 6) is 0.638. The maximum absolute atomic E-state index is 12.5. The number of nitrogens with zero attached hydrogens (tertiary/aromatic N) is 1. The number of thiophene rings is 1. The third kappa shape index (κ3) is 5.27. The number of hydrogen-bond donors (Lipinski definition) is 1. The lowest BCUT2D eigenvalue weighted by Gasteiger charge is -2.20. The van der Waals surface area contributed by atoms with Gasteiger partial charge in [-0.05, 0) is 42.1 Å². The van der Waals surface area contributed by atoms with Gasteiger partial charge in [-0.15, -0.1) is 11.3 Å². The van der Waals surface area contributed by atoms with E-state index in [1.165, 1.54) is 11.0 Å². The highest BCUT2D eigenvalue weighted by molar-refractivity contribution is 7.09. The van der Waals surface area contributed by atoms with Crippen LogP contribution >= 0.6 is 22.9 Å². The average molecular weight is 421 g/mol. The second-order valence-electron chi connectivity index (χ2n) is 6.07. The molecule has 0 aliphatic carbocycles. The van der Waals surface area contributed by atoms with Crippen molar-refractivity contribution in [2.75, 3.05) is 26.3 Å². The average Bonchev–Trinajstić information content (AvgIpc) is 3.22. The van der Waals surface area contributed by atoms with Crippen molar-refractivity contribution in [1.82, 2.24) is 10.2 Å². The number of ether oxygens (including phenoxy) is 2. The fourth-order valence-electron chi connectivity index (χ4n) is 2.67. The van der Waals surface area contributed by atoms with Gasteiger partial charge in [0.25, 0.3) is 0 Å². The summed E-state index contributed by atoms with van der Waals surface area (Å²) in [5, 5.41) is 5.22. The van der Waals surface area contributed by atoms with E-state index in [2.05, 4.69) is 5.32 Å².